The second-order valence-corrected chi connectivity index (χ2v) is 6.62. The van der Waals surface area contributed by atoms with Crippen molar-refractivity contribution >= 4 is 18.5 Å². The Labute approximate surface area is 111 Å². The highest BCUT2D eigenvalue weighted by molar-refractivity contribution is 7.80. The second-order valence-electron chi connectivity index (χ2n) is 6.30. The van der Waals surface area contributed by atoms with Crippen molar-refractivity contribution in [2.75, 3.05) is 18.8 Å². The number of hydrogen-bond acceptors (Lipinski definition) is 2. The zero-order valence-corrected chi connectivity index (χ0v) is 12.0. The second kappa shape index (κ2) is 5.21. The summed E-state index contributed by atoms with van der Waals surface area (Å²) >= 11 is 4.43. The molecule has 1 saturated carbocycles. The fraction of sp³-hybridized carbons (Fsp3) is 0.929. The fourth-order valence-corrected chi connectivity index (χ4v) is 3.26. The van der Waals surface area contributed by atoms with E-state index in [0.29, 0.717) is 17.2 Å². The molecule has 1 saturated heterocycles. The molecule has 0 bridgehead atoms. The number of likely N-dealkylation sites (tertiary alicyclic amines) is 1. The van der Waals surface area contributed by atoms with Crippen LogP contribution >= 0.6 is 12.6 Å². The van der Waals surface area contributed by atoms with E-state index in [-0.39, 0.29) is 0 Å². The number of carbonyl (C=O) groups excluding carboxylic acids is 1. The Bertz CT molecular complexity index is 286. The normalized spacial score (nSPS) is 28.4. The Morgan fingerprint density at radius 2 is 2.12 bits per heavy atom. The number of rotatable bonds is 4. The molecule has 0 aromatic heterocycles. The van der Waals surface area contributed by atoms with Crippen LogP contribution in [0, 0.1) is 17.3 Å². The van der Waals surface area contributed by atoms with Crippen LogP contribution in [0.2, 0.25) is 0 Å². The van der Waals surface area contributed by atoms with Crippen molar-refractivity contribution in [2.45, 2.75) is 46.0 Å². The number of carbonyl (C=O) groups is 1. The van der Waals surface area contributed by atoms with Crippen molar-refractivity contribution in [3.05, 3.63) is 0 Å². The lowest BCUT2D eigenvalue weighted by Gasteiger charge is -2.26. The SMILES string of the molecule is CC(C)C1CCC(=O)N(CC2(CS)CC2)CC1. The zero-order chi connectivity index (χ0) is 12.5. The molecule has 1 amide bonds. The fourth-order valence-electron chi connectivity index (χ4n) is 2.84. The molecule has 1 heterocycles. The van der Waals surface area contributed by atoms with Crippen molar-refractivity contribution in [1.82, 2.24) is 4.90 Å². The highest BCUT2D eigenvalue weighted by atomic mass is 32.1. The lowest BCUT2D eigenvalue weighted by molar-refractivity contribution is -0.131. The minimum Gasteiger partial charge on any atom is -0.342 e. The van der Waals surface area contributed by atoms with Crippen LogP contribution in [-0.4, -0.2) is 29.6 Å². The molecule has 1 aliphatic heterocycles. The van der Waals surface area contributed by atoms with E-state index in [1.54, 1.807) is 0 Å². The van der Waals surface area contributed by atoms with Crippen LogP contribution in [0.1, 0.15) is 46.0 Å². The van der Waals surface area contributed by atoms with Crippen LogP contribution in [0.4, 0.5) is 0 Å². The molecule has 0 aromatic rings. The summed E-state index contributed by atoms with van der Waals surface area (Å²) in [7, 11) is 0. The number of hydrogen-bond donors (Lipinski definition) is 1. The Morgan fingerprint density at radius 1 is 1.41 bits per heavy atom. The van der Waals surface area contributed by atoms with E-state index >= 15 is 0 Å². The maximum absolute atomic E-state index is 12.1. The Kier molecular flexibility index (Phi) is 4.06. The summed E-state index contributed by atoms with van der Waals surface area (Å²) in [6, 6.07) is 0. The van der Waals surface area contributed by atoms with Gasteiger partial charge in [0.25, 0.3) is 0 Å². The van der Waals surface area contributed by atoms with E-state index in [9.17, 15) is 4.79 Å². The third kappa shape index (κ3) is 3.18. The molecule has 2 aliphatic rings. The molecule has 3 heteroatoms. The molecule has 1 atom stereocenters. The molecule has 0 aromatic carbocycles. The van der Waals surface area contributed by atoms with Crippen LogP contribution in [0.25, 0.3) is 0 Å². The van der Waals surface area contributed by atoms with Crippen molar-refractivity contribution in [1.29, 1.82) is 0 Å². The summed E-state index contributed by atoms with van der Waals surface area (Å²) in [5.41, 5.74) is 0.371. The van der Waals surface area contributed by atoms with Gasteiger partial charge in [0.05, 0.1) is 0 Å². The van der Waals surface area contributed by atoms with Gasteiger partial charge in [-0.2, -0.15) is 12.6 Å². The third-order valence-electron chi connectivity index (χ3n) is 4.61. The highest BCUT2D eigenvalue weighted by Crippen LogP contribution is 2.47. The summed E-state index contributed by atoms with van der Waals surface area (Å²) in [5.74, 6) is 2.75. The van der Waals surface area contributed by atoms with E-state index in [1.807, 2.05) is 0 Å². The van der Waals surface area contributed by atoms with Gasteiger partial charge in [0.2, 0.25) is 5.91 Å². The van der Waals surface area contributed by atoms with Gasteiger partial charge in [0, 0.05) is 19.5 Å². The summed E-state index contributed by atoms with van der Waals surface area (Å²) in [6.45, 7) is 6.49. The van der Waals surface area contributed by atoms with Gasteiger partial charge < -0.3 is 4.90 Å². The van der Waals surface area contributed by atoms with Crippen LogP contribution in [0.15, 0.2) is 0 Å². The minimum absolute atomic E-state index is 0.371. The quantitative estimate of drug-likeness (QED) is 0.766. The maximum Gasteiger partial charge on any atom is 0.222 e. The highest BCUT2D eigenvalue weighted by Gasteiger charge is 2.43. The number of thiol groups is 1. The standard InChI is InChI=1S/C14H25NOS/c1-11(2)12-3-4-13(16)15(8-5-12)9-14(10-17)6-7-14/h11-12,17H,3-10H2,1-2H3. The van der Waals surface area contributed by atoms with Crippen molar-refractivity contribution < 1.29 is 4.79 Å². The van der Waals surface area contributed by atoms with Crippen LogP contribution in [0.5, 0.6) is 0 Å². The predicted molar refractivity (Wildman–Crippen MR) is 74.3 cm³/mol. The van der Waals surface area contributed by atoms with Gasteiger partial charge in [0.15, 0.2) is 0 Å². The molecular weight excluding hydrogens is 230 g/mol. The lowest BCUT2D eigenvalue weighted by atomic mass is 9.89. The average molecular weight is 255 g/mol. The summed E-state index contributed by atoms with van der Waals surface area (Å²) in [4.78, 5) is 14.2. The molecule has 1 aliphatic carbocycles. The Morgan fingerprint density at radius 3 is 2.65 bits per heavy atom. The molecule has 2 nitrogen and oxygen atoms in total. The first-order valence-electron chi connectivity index (χ1n) is 6.95. The van der Waals surface area contributed by atoms with E-state index < -0.39 is 0 Å². The van der Waals surface area contributed by atoms with Crippen LogP contribution in [-0.2, 0) is 4.79 Å². The molecule has 0 spiro atoms. The van der Waals surface area contributed by atoms with Gasteiger partial charge >= 0.3 is 0 Å². The third-order valence-corrected chi connectivity index (χ3v) is 5.28. The van der Waals surface area contributed by atoms with Gasteiger partial charge in [-0.05, 0) is 48.7 Å². The predicted octanol–water partition coefficient (Wildman–Crippen LogP) is 2.98. The Balaban J connectivity index is 1.92. The lowest BCUT2D eigenvalue weighted by Crippen LogP contribution is -2.36. The first-order valence-corrected chi connectivity index (χ1v) is 7.58. The summed E-state index contributed by atoms with van der Waals surface area (Å²) in [5, 5.41) is 0. The molecule has 98 valence electrons. The zero-order valence-electron chi connectivity index (χ0n) is 11.1. The van der Waals surface area contributed by atoms with Gasteiger partial charge in [-0.1, -0.05) is 13.8 Å². The molecular formula is C14H25NOS. The first kappa shape index (κ1) is 13.3. The minimum atomic E-state index is 0.371. The average Bonchev–Trinajstić information content (AvgIpc) is 3.08. The number of amides is 1. The van der Waals surface area contributed by atoms with E-state index in [0.717, 1.165) is 37.6 Å². The smallest absolute Gasteiger partial charge is 0.222 e. The number of nitrogens with zero attached hydrogens (tertiary/aromatic N) is 1. The van der Waals surface area contributed by atoms with E-state index in [4.69, 9.17) is 0 Å². The molecule has 0 radical (unpaired) electrons. The van der Waals surface area contributed by atoms with Gasteiger partial charge in [-0.3, -0.25) is 4.79 Å². The summed E-state index contributed by atoms with van der Waals surface area (Å²) < 4.78 is 0. The monoisotopic (exact) mass is 255 g/mol. The van der Waals surface area contributed by atoms with Gasteiger partial charge in [-0.15, -0.1) is 0 Å². The van der Waals surface area contributed by atoms with Gasteiger partial charge in [-0.25, -0.2) is 0 Å². The van der Waals surface area contributed by atoms with Crippen molar-refractivity contribution in [3.63, 3.8) is 0 Å². The van der Waals surface area contributed by atoms with E-state index in [1.165, 1.54) is 19.3 Å². The summed E-state index contributed by atoms with van der Waals surface area (Å²) in [6.07, 6.45) is 5.54. The molecule has 2 rings (SSSR count). The molecule has 0 N–H and O–H groups in total. The largest absolute Gasteiger partial charge is 0.342 e. The topological polar surface area (TPSA) is 20.3 Å². The van der Waals surface area contributed by atoms with Crippen molar-refractivity contribution in [3.8, 4) is 0 Å². The Hall–Kier alpha value is -0.180. The molecule has 1 unspecified atom stereocenters. The maximum atomic E-state index is 12.1. The van der Waals surface area contributed by atoms with Crippen LogP contribution in [0.3, 0.4) is 0 Å². The first-order chi connectivity index (χ1) is 8.06. The van der Waals surface area contributed by atoms with Crippen LogP contribution < -0.4 is 0 Å². The van der Waals surface area contributed by atoms with E-state index in [2.05, 4.69) is 31.4 Å². The van der Waals surface area contributed by atoms with Crippen molar-refractivity contribution in [2.24, 2.45) is 17.3 Å². The molecule has 2 fully saturated rings. The molecule has 17 heavy (non-hydrogen) atoms. The van der Waals surface area contributed by atoms with Gasteiger partial charge in [0.1, 0.15) is 0 Å².